The lowest BCUT2D eigenvalue weighted by molar-refractivity contribution is 0.398. The maximum atomic E-state index is 13.8. The summed E-state index contributed by atoms with van der Waals surface area (Å²) in [5, 5.41) is 0.867. The molecule has 0 saturated carbocycles. The van der Waals surface area contributed by atoms with Gasteiger partial charge in [0.15, 0.2) is 5.65 Å². The van der Waals surface area contributed by atoms with E-state index in [-0.39, 0.29) is 10.5 Å². The van der Waals surface area contributed by atoms with Crippen molar-refractivity contribution in [2.75, 3.05) is 7.11 Å². The van der Waals surface area contributed by atoms with Crippen LogP contribution in [0.1, 0.15) is 5.56 Å². The maximum absolute atomic E-state index is 13.8. The fraction of sp³-hybridized carbons (Fsp3) is 0.111. The van der Waals surface area contributed by atoms with Crippen LogP contribution < -0.4 is 4.74 Å². The Balaban J connectivity index is 2.12. The Morgan fingerprint density at radius 2 is 1.77 bits per heavy atom. The number of aryl methyl sites for hydroxylation is 1. The van der Waals surface area contributed by atoms with Gasteiger partial charge < -0.3 is 4.74 Å². The van der Waals surface area contributed by atoms with E-state index in [0.29, 0.717) is 22.2 Å². The van der Waals surface area contributed by atoms with Crippen molar-refractivity contribution < 1.29 is 17.5 Å². The summed E-state index contributed by atoms with van der Waals surface area (Å²) in [5.41, 5.74) is 1.38. The molecular weight excluding hydrogens is 357 g/mol. The lowest BCUT2D eigenvalue weighted by atomic mass is 10.2. The molecule has 0 bridgehead atoms. The van der Waals surface area contributed by atoms with Gasteiger partial charge in [0.05, 0.1) is 29.9 Å². The highest BCUT2D eigenvalue weighted by Gasteiger charge is 2.25. The summed E-state index contributed by atoms with van der Waals surface area (Å²) in [4.78, 5) is 8.23. The first-order valence-electron chi connectivity index (χ1n) is 7.74. The third kappa shape index (κ3) is 2.41. The standard InChI is InChI=1S/C18H14FN3O3S/c1-11-3-5-13(6-4-11)26(23,24)22-16-10-20-17(25-2)8-14(16)15-7-12(19)9-21-18(15)22/h3-10H,1-2H3. The fourth-order valence-corrected chi connectivity index (χ4v) is 4.35. The van der Waals surface area contributed by atoms with Gasteiger partial charge in [0.1, 0.15) is 5.82 Å². The molecule has 4 rings (SSSR count). The van der Waals surface area contributed by atoms with Gasteiger partial charge in [0.25, 0.3) is 10.0 Å². The van der Waals surface area contributed by atoms with Crippen molar-refractivity contribution >= 4 is 32.0 Å². The molecule has 0 N–H and O–H groups in total. The summed E-state index contributed by atoms with van der Waals surface area (Å²) in [6, 6.07) is 9.32. The van der Waals surface area contributed by atoms with Gasteiger partial charge in [-0.2, -0.15) is 0 Å². The van der Waals surface area contributed by atoms with Gasteiger partial charge in [-0.05, 0) is 25.1 Å². The van der Waals surface area contributed by atoms with E-state index in [0.717, 1.165) is 15.7 Å². The summed E-state index contributed by atoms with van der Waals surface area (Å²) in [6.45, 7) is 1.87. The third-order valence-electron chi connectivity index (χ3n) is 4.16. The van der Waals surface area contributed by atoms with Crippen LogP contribution in [0.5, 0.6) is 5.88 Å². The Kier molecular flexibility index (Phi) is 3.66. The second-order valence-electron chi connectivity index (χ2n) is 5.85. The van der Waals surface area contributed by atoms with Gasteiger partial charge >= 0.3 is 0 Å². The zero-order chi connectivity index (χ0) is 18.5. The molecule has 26 heavy (non-hydrogen) atoms. The largest absolute Gasteiger partial charge is 0.481 e. The lowest BCUT2D eigenvalue weighted by Crippen LogP contribution is -2.13. The van der Waals surface area contributed by atoms with Crippen molar-refractivity contribution in [2.45, 2.75) is 11.8 Å². The van der Waals surface area contributed by atoms with Crippen LogP contribution >= 0.6 is 0 Å². The number of hydrogen-bond donors (Lipinski definition) is 0. The predicted molar refractivity (Wildman–Crippen MR) is 95.3 cm³/mol. The molecule has 1 aromatic carbocycles. The molecule has 0 atom stereocenters. The maximum Gasteiger partial charge on any atom is 0.269 e. The minimum absolute atomic E-state index is 0.115. The van der Waals surface area contributed by atoms with Crippen LogP contribution in [0.25, 0.3) is 21.9 Å². The first-order valence-corrected chi connectivity index (χ1v) is 9.18. The molecule has 132 valence electrons. The number of benzene rings is 1. The van der Waals surface area contributed by atoms with E-state index in [9.17, 15) is 12.8 Å². The average Bonchev–Trinajstić information content (AvgIpc) is 2.95. The summed E-state index contributed by atoms with van der Waals surface area (Å²) in [7, 11) is -2.49. The highest BCUT2D eigenvalue weighted by molar-refractivity contribution is 7.90. The quantitative estimate of drug-likeness (QED) is 0.553. The summed E-state index contributed by atoms with van der Waals surface area (Å²) >= 11 is 0. The molecule has 6 nitrogen and oxygen atoms in total. The van der Waals surface area contributed by atoms with E-state index >= 15 is 0 Å². The number of nitrogens with zero attached hydrogens (tertiary/aromatic N) is 3. The van der Waals surface area contributed by atoms with E-state index < -0.39 is 15.8 Å². The first-order chi connectivity index (χ1) is 12.4. The average molecular weight is 371 g/mol. The molecule has 0 aliphatic rings. The SMILES string of the molecule is COc1cc2c3cc(F)cnc3n(S(=O)(=O)c3ccc(C)cc3)c2cn1. The van der Waals surface area contributed by atoms with E-state index in [1.54, 1.807) is 18.2 Å². The molecule has 0 spiro atoms. The molecule has 0 aliphatic carbocycles. The van der Waals surface area contributed by atoms with Crippen molar-refractivity contribution in [1.82, 2.24) is 13.9 Å². The van der Waals surface area contributed by atoms with E-state index in [2.05, 4.69) is 9.97 Å². The number of halogens is 1. The fourth-order valence-electron chi connectivity index (χ4n) is 2.88. The van der Waals surface area contributed by atoms with Crippen LogP contribution in [0, 0.1) is 12.7 Å². The number of fused-ring (bicyclic) bond motifs is 3. The van der Waals surface area contributed by atoms with Gasteiger partial charge in [0.2, 0.25) is 5.88 Å². The van der Waals surface area contributed by atoms with Crippen molar-refractivity contribution in [3.63, 3.8) is 0 Å². The van der Waals surface area contributed by atoms with Crippen LogP contribution in [-0.2, 0) is 10.0 Å². The monoisotopic (exact) mass is 371 g/mol. The van der Waals surface area contributed by atoms with Gasteiger partial charge in [-0.25, -0.2) is 26.7 Å². The number of aromatic nitrogens is 3. The number of hydrogen-bond acceptors (Lipinski definition) is 5. The number of rotatable bonds is 3. The van der Waals surface area contributed by atoms with Crippen molar-refractivity contribution in [3.8, 4) is 5.88 Å². The predicted octanol–water partition coefficient (Wildman–Crippen LogP) is 3.28. The van der Waals surface area contributed by atoms with Gasteiger partial charge in [-0.15, -0.1) is 0 Å². The Labute approximate surface area is 148 Å². The Morgan fingerprint density at radius 3 is 2.46 bits per heavy atom. The molecule has 3 aromatic heterocycles. The van der Waals surface area contributed by atoms with E-state index in [1.807, 2.05) is 6.92 Å². The molecule has 0 fully saturated rings. The second kappa shape index (κ2) is 5.77. The normalized spacial score (nSPS) is 12.0. The van der Waals surface area contributed by atoms with E-state index in [1.165, 1.54) is 31.5 Å². The first kappa shape index (κ1) is 16.5. The smallest absolute Gasteiger partial charge is 0.269 e. The second-order valence-corrected chi connectivity index (χ2v) is 7.64. The van der Waals surface area contributed by atoms with Crippen LogP contribution in [0.3, 0.4) is 0 Å². The number of pyridine rings is 2. The molecule has 8 heteroatoms. The Bertz CT molecular complexity index is 1250. The van der Waals surface area contributed by atoms with Crippen molar-refractivity contribution in [3.05, 3.63) is 60.2 Å². The molecule has 0 radical (unpaired) electrons. The van der Waals surface area contributed by atoms with Crippen LogP contribution in [0.2, 0.25) is 0 Å². The summed E-state index contributed by atoms with van der Waals surface area (Å²) < 4.78 is 46.4. The number of methoxy groups -OCH3 is 1. The van der Waals surface area contributed by atoms with Gasteiger partial charge in [-0.3, -0.25) is 0 Å². The minimum Gasteiger partial charge on any atom is -0.481 e. The number of ether oxygens (including phenoxy) is 1. The molecular formula is C18H14FN3O3S. The summed E-state index contributed by atoms with van der Waals surface area (Å²) in [6.07, 6.45) is 2.38. The Hall–Kier alpha value is -3.00. The van der Waals surface area contributed by atoms with Crippen LogP contribution in [0.4, 0.5) is 4.39 Å². The van der Waals surface area contributed by atoms with Gasteiger partial charge in [0, 0.05) is 16.8 Å². The van der Waals surface area contributed by atoms with Crippen molar-refractivity contribution in [2.24, 2.45) is 0 Å². The van der Waals surface area contributed by atoms with Crippen molar-refractivity contribution in [1.29, 1.82) is 0 Å². The molecule has 0 aliphatic heterocycles. The zero-order valence-corrected chi connectivity index (χ0v) is 14.8. The van der Waals surface area contributed by atoms with Gasteiger partial charge in [-0.1, -0.05) is 17.7 Å². The Morgan fingerprint density at radius 1 is 1.04 bits per heavy atom. The highest BCUT2D eigenvalue weighted by Crippen LogP contribution is 2.33. The topological polar surface area (TPSA) is 74.1 Å². The molecule has 0 unspecified atom stereocenters. The molecule has 0 saturated heterocycles. The van der Waals surface area contributed by atoms with Crippen LogP contribution in [0.15, 0.2) is 53.7 Å². The van der Waals surface area contributed by atoms with E-state index in [4.69, 9.17) is 4.74 Å². The lowest BCUT2D eigenvalue weighted by Gasteiger charge is -2.09. The molecule has 3 heterocycles. The minimum atomic E-state index is -3.95. The van der Waals surface area contributed by atoms with Crippen LogP contribution in [-0.4, -0.2) is 29.5 Å². The summed E-state index contributed by atoms with van der Waals surface area (Å²) in [5.74, 6) is -0.256. The molecule has 0 amide bonds. The zero-order valence-electron chi connectivity index (χ0n) is 14.0. The molecule has 4 aromatic rings. The third-order valence-corrected chi connectivity index (χ3v) is 5.88. The highest BCUT2D eigenvalue weighted by atomic mass is 32.2.